The van der Waals surface area contributed by atoms with Gasteiger partial charge in [-0.25, -0.2) is 9.50 Å². The van der Waals surface area contributed by atoms with Crippen molar-refractivity contribution in [1.29, 1.82) is 5.26 Å². The van der Waals surface area contributed by atoms with Gasteiger partial charge in [0.1, 0.15) is 23.2 Å². The quantitative estimate of drug-likeness (QED) is 0.649. The molecule has 0 atom stereocenters. The highest BCUT2D eigenvalue weighted by Crippen LogP contribution is 2.29. The van der Waals surface area contributed by atoms with E-state index in [2.05, 4.69) is 21.1 Å². The van der Waals surface area contributed by atoms with Crippen molar-refractivity contribution in [2.75, 3.05) is 18.8 Å². The van der Waals surface area contributed by atoms with Gasteiger partial charge in [-0.05, 0) is 55.4 Å². The second kappa shape index (κ2) is 8.60. The molecule has 160 valence electrons. The molecule has 1 aliphatic rings. The molecular formula is C22H25N7O2. The monoisotopic (exact) mass is 419 g/mol. The molecule has 0 saturated carbocycles. The van der Waals surface area contributed by atoms with E-state index in [1.54, 1.807) is 22.8 Å². The molecule has 4 rings (SSSR count). The number of aryl methyl sites for hydroxylation is 2. The molecule has 31 heavy (non-hydrogen) atoms. The van der Waals surface area contributed by atoms with Crippen molar-refractivity contribution in [2.24, 2.45) is 0 Å². The van der Waals surface area contributed by atoms with E-state index in [0.717, 1.165) is 24.0 Å². The van der Waals surface area contributed by atoms with E-state index in [-0.39, 0.29) is 23.2 Å². The number of nitrogens with two attached hydrogens (primary N) is 1. The maximum atomic E-state index is 12.6. The third-order valence-electron chi connectivity index (χ3n) is 5.84. The van der Waals surface area contributed by atoms with Crippen LogP contribution in [0.2, 0.25) is 0 Å². The average Bonchev–Trinajstić information content (AvgIpc) is 3.15. The lowest BCUT2D eigenvalue weighted by Gasteiger charge is -2.32. The number of pyridine rings is 1. The summed E-state index contributed by atoms with van der Waals surface area (Å²) in [5, 5.41) is 13.6. The van der Waals surface area contributed by atoms with Gasteiger partial charge in [0.25, 0.3) is 5.56 Å². The number of hydrogen-bond donors (Lipinski definition) is 2. The fourth-order valence-corrected chi connectivity index (χ4v) is 4.13. The van der Waals surface area contributed by atoms with Crippen LogP contribution in [0.15, 0.2) is 29.3 Å². The van der Waals surface area contributed by atoms with E-state index in [1.165, 1.54) is 0 Å². The summed E-state index contributed by atoms with van der Waals surface area (Å²) in [5.74, 6) is 1.23. The Morgan fingerprint density at radius 1 is 1.35 bits per heavy atom. The summed E-state index contributed by atoms with van der Waals surface area (Å²) < 4.78 is 1.60. The van der Waals surface area contributed by atoms with Gasteiger partial charge in [-0.2, -0.15) is 10.4 Å². The standard InChI is InChI=1S/C22H25N7O2/c1-14-9-18-22(31)26-19(27-29(18)13-14)3-2-4-20(30)28-7-5-15(6-8-28)17-10-16(11-23)21(24)25-12-17/h9-10,12-13,15H,2-8H2,1H3,(H2,24,25)(H,26,27,31). The smallest absolute Gasteiger partial charge is 0.275 e. The zero-order valence-corrected chi connectivity index (χ0v) is 17.5. The lowest BCUT2D eigenvalue weighted by molar-refractivity contribution is -0.132. The highest BCUT2D eigenvalue weighted by Gasteiger charge is 2.24. The fraction of sp³-hybridized carbons (Fsp3) is 0.409. The van der Waals surface area contributed by atoms with Crippen molar-refractivity contribution in [3.05, 3.63) is 57.4 Å². The number of hydrogen-bond acceptors (Lipinski definition) is 6. The maximum Gasteiger partial charge on any atom is 0.275 e. The molecule has 0 radical (unpaired) electrons. The predicted octanol–water partition coefficient (Wildman–Crippen LogP) is 1.91. The lowest BCUT2D eigenvalue weighted by Crippen LogP contribution is -2.37. The molecule has 0 unspecified atom stereocenters. The second-order valence-corrected chi connectivity index (χ2v) is 8.07. The third-order valence-corrected chi connectivity index (χ3v) is 5.84. The lowest BCUT2D eigenvalue weighted by atomic mass is 9.89. The summed E-state index contributed by atoms with van der Waals surface area (Å²) in [7, 11) is 0. The van der Waals surface area contributed by atoms with E-state index in [0.29, 0.717) is 49.3 Å². The van der Waals surface area contributed by atoms with Gasteiger partial charge in [0.2, 0.25) is 5.91 Å². The number of fused-ring (bicyclic) bond motifs is 1. The van der Waals surface area contributed by atoms with Gasteiger partial charge < -0.3 is 15.6 Å². The molecule has 9 nitrogen and oxygen atoms in total. The van der Waals surface area contributed by atoms with Crippen LogP contribution < -0.4 is 11.3 Å². The van der Waals surface area contributed by atoms with Gasteiger partial charge >= 0.3 is 0 Å². The molecule has 1 amide bonds. The Hall–Kier alpha value is -3.67. The number of carbonyl (C=O) groups excluding carboxylic acids is 1. The zero-order valence-electron chi connectivity index (χ0n) is 17.5. The van der Waals surface area contributed by atoms with Gasteiger partial charge in [-0.3, -0.25) is 9.59 Å². The number of nitrogens with one attached hydrogen (secondary N) is 1. The van der Waals surface area contributed by atoms with Crippen LogP contribution in [0, 0.1) is 18.3 Å². The van der Waals surface area contributed by atoms with Crippen LogP contribution in [0.4, 0.5) is 5.82 Å². The van der Waals surface area contributed by atoms with Crippen LogP contribution in [0.25, 0.3) is 5.52 Å². The Balaban J connectivity index is 1.29. The highest BCUT2D eigenvalue weighted by atomic mass is 16.2. The average molecular weight is 419 g/mol. The zero-order chi connectivity index (χ0) is 22.0. The molecular weight excluding hydrogens is 394 g/mol. The molecule has 3 aromatic heterocycles. The Bertz CT molecular complexity index is 1210. The number of likely N-dealkylation sites (tertiary alicyclic amines) is 1. The first-order valence-electron chi connectivity index (χ1n) is 10.5. The van der Waals surface area contributed by atoms with E-state index in [9.17, 15) is 9.59 Å². The second-order valence-electron chi connectivity index (χ2n) is 8.07. The van der Waals surface area contributed by atoms with Crippen LogP contribution in [0.1, 0.15) is 54.1 Å². The molecule has 1 fully saturated rings. The number of aromatic nitrogens is 4. The maximum absolute atomic E-state index is 12.6. The SMILES string of the molecule is Cc1cc2c(=O)[nH]c(CCCC(=O)N3CCC(c4cnc(N)c(C#N)c4)CC3)nn2c1. The van der Waals surface area contributed by atoms with Crippen molar-refractivity contribution in [2.45, 2.75) is 44.9 Å². The largest absolute Gasteiger partial charge is 0.383 e. The van der Waals surface area contributed by atoms with Crippen molar-refractivity contribution in [3.8, 4) is 6.07 Å². The minimum atomic E-state index is -0.164. The number of nitrogen functional groups attached to an aromatic ring is 1. The van der Waals surface area contributed by atoms with E-state index >= 15 is 0 Å². The Labute approximate surface area is 179 Å². The van der Waals surface area contributed by atoms with Gasteiger partial charge in [0, 0.05) is 38.3 Å². The van der Waals surface area contributed by atoms with Crippen LogP contribution >= 0.6 is 0 Å². The van der Waals surface area contributed by atoms with E-state index in [1.807, 2.05) is 18.0 Å². The van der Waals surface area contributed by atoms with Gasteiger partial charge in [-0.1, -0.05) is 0 Å². The number of rotatable bonds is 5. The summed E-state index contributed by atoms with van der Waals surface area (Å²) in [6, 6.07) is 5.67. The first-order chi connectivity index (χ1) is 14.9. The number of nitrogens with zero attached hydrogens (tertiary/aromatic N) is 5. The summed E-state index contributed by atoms with van der Waals surface area (Å²) in [5.41, 5.74) is 8.45. The van der Waals surface area contributed by atoms with E-state index in [4.69, 9.17) is 11.0 Å². The van der Waals surface area contributed by atoms with Gasteiger partial charge in [0.15, 0.2) is 0 Å². The number of aromatic amines is 1. The number of piperidine rings is 1. The Morgan fingerprint density at radius 2 is 2.13 bits per heavy atom. The van der Waals surface area contributed by atoms with Crippen molar-refractivity contribution in [3.63, 3.8) is 0 Å². The normalized spacial score (nSPS) is 14.6. The van der Waals surface area contributed by atoms with Crippen molar-refractivity contribution < 1.29 is 4.79 Å². The molecule has 1 aliphatic heterocycles. The van der Waals surface area contributed by atoms with Crippen LogP contribution in [0.3, 0.4) is 0 Å². The van der Waals surface area contributed by atoms with Gasteiger partial charge in [0.05, 0.1) is 5.56 Å². The molecule has 3 N–H and O–H groups in total. The van der Waals surface area contributed by atoms with E-state index < -0.39 is 0 Å². The first-order valence-corrected chi connectivity index (χ1v) is 10.5. The third kappa shape index (κ3) is 4.43. The Kier molecular flexibility index (Phi) is 5.71. The minimum absolute atomic E-state index is 0.117. The number of carbonyl (C=O) groups is 1. The van der Waals surface area contributed by atoms with Crippen molar-refractivity contribution in [1.82, 2.24) is 24.5 Å². The molecule has 0 bridgehead atoms. The molecule has 9 heteroatoms. The predicted molar refractivity (Wildman–Crippen MR) is 115 cm³/mol. The number of H-pyrrole nitrogens is 1. The molecule has 0 aromatic carbocycles. The Morgan fingerprint density at radius 3 is 2.87 bits per heavy atom. The first kappa shape index (κ1) is 20.6. The number of amides is 1. The highest BCUT2D eigenvalue weighted by molar-refractivity contribution is 5.76. The molecule has 4 heterocycles. The fourth-order valence-electron chi connectivity index (χ4n) is 4.13. The van der Waals surface area contributed by atoms with Crippen LogP contribution in [-0.2, 0) is 11.2 Å². The minimum Gasteiger partial charge on any atom is -0.383 e. The molecule has 0 spiro atoms. The number of anilines is 1. The summed E-state index contributed by atoms with van der Waals surface area (Å²) >= 11 is 0. The van der Waals surface area contributed by atoms with Gasteiger partial charge in [-0.15, -0.1) is 0 Å². The van der Waals surface area contributed by atoms with Crippen LogP contribution in [-0.4, -0.2) is 43.5 Å². The van der Waals surface area contributed by atoms with Crippen LogP contribution in [0.5, 0.6) is 0 Å². The molecule has 3 aromatic rings. The summed E-state index contributed by atoms with van der Waals surface area (Å²) in [6.45, 7) is 3.28. The number of nitriles is 1. The summed E-state index contributed by atoms with van der Waals surface area (Å²) in [4.78, 5) is 33.6. The molecule has 0 aliphatic carbocycles. The van der Waals surface area contributed by atoms with Crippen molar-refractivity contribution >= 4 is 17.2 Å². The topological polar surface area (TPSA) is 133 Å². The molecule has 1 saturated heterocycles. The summed E-state index contributed by atoms with van der Waals surface area (Å²) in [6.07, 6.45) is 6.80.